The monoisotopic (exact) mass is 258 g/mol. The average Bonchev–Trinajstić information content (AvgIpc) is 3.00. The molecule has 2 fully saturated rings. The number of carbonyl (C=O) groups excluding carboxylic acids is 1. The number of aromatic nitrogens is 1. The molecule has 2 aliphatic carbocycles. The standard InChI is InChI=1S/C16H22N2O/c1-11(2)17-15-5-3-4-8-18(15)16(19)14-10-12-6-7-13(14)9-12/h3-5,8,11-14H,6-7,9-10H2,1-2H3. The fourth-order valence-electron chi connectivity index (χ4n) is 3.72. The van der Waals surface area contributed by atoms with E-state index in [4.69, 9.17) is 0 Å². The van der Waals surface area contributed by atoms with Crippen molar-refractivity contribution in [2.75, 3.05) is 0 Å². The predicted octanol–water partition coefficient (Wildman–Crippen LogP) is 2.87. The molecular weight excluding hydrogens is 236 g/mol. The van der Waals surface area contributed by atoms with Crippen LogP contribution in [0, 0.1) is 17.8 Å². The van der Waals surface area contributed by atoms with Gasteiger partial charge >= 0.3 is 0 Å². The van der Waals surface area contributed by atoms with Gasteiger partial charge in [-0.2, -0.15) is 0 Å². The number of hydrogen-bond donors (Lipinski definition) is 0. The third-order valence-corrected chi connectivity index (χ3v) is 4.52. The lowest BCUT2D eigenvalue weighted by Crippen LogP contribution is -2.34. The van der Waals surface area contributed by atoms with E-state index in [0.717, 1.165) is 17.8 Å². The quantitative estimate of drug-likeness (QED) is 0.803. The molecule has 3 atom stereocenters. The van der Waals surface area contributed by atoms with E-state index in [1.165, 1.54) is 19.3 Å². The van der Waals surface area contributed by atoms with Crippen molar-refractivity contribution in [1.82, 2.24) is 4.57 Å². The van der Waals surface area contributed by atoms with Crippen LogP contribution < -0.4 is 5.49 Å². The maximum atomic E-state index is 12.7. The topological polar surface area (TPSA) is 34.4 Å². The summed E-state index contributed by atoms with van der Waals surface area (Å²) in [5.41, 5.74) is 0.797. The molecule has 3 heteroatoms. The highest BCUT2D eigenvalue weighted by Gasteiger charge is 2.43. The molecule has 3 unspecified atom stereocenters. The van der Waals surface area contributed by atoms with E-state index < -0.39 is 0 Å². The SMILES string of the molecule is CC(C)N=c1ccccn1C(=O)C1CC2CCC1C2. The third-order valence-electron chi connectivity index (χ3n) is 4.52. The number of nitrogens with zero attached hydrogens (tertiary/aromatic N) is 2. The van der Waals surface area contributed by atoms with E-state index in [2.05, 4.69) is 4.99 Å². The first-order chi connectivity index (χ1) is 9.15. The molecule has 0 amide bonds. The van der Waals surface area contributed by atoms with Crippen LogP contribution in [0.15, 0.2) is 29.4 Å². The normalized spacial score (nSPS) is 30.3. The Morgan fingerprint density at radius 2 is 2.16 bits per heavy atom. The Bertz CT molecular complexity index is 544. The van der Waals surface area contributed by atoms with E-state index in [9.17, 15) is 4.79 Å². The first kappa shape index (κ1) is 12.6. The molecule has 0 N–H and O–H groups in total. The zero-order chi connectivity index (χ0) is 13.4. The lowest BCUT2D eigenvalue weighted by molar-refractivity contribution is 0.0779. The zero-order valence-corrected chi connectivity index (χ0v) is 11.7. The van der Waals surface area contributed by atoms with Crippen molar-refractivity contribution < 1.29 is 4.79 Å². The minimum Gasteiger partial charge on any atom is -0.274 e. The van der Waals surface area contributed by atoms with Crippen molar-refractivity contribution in [2.45, 2.75) is 45.6 Å². The lowest BCUT2D eigenvalue weighted by atomic mass is 9.88. The molecule has 3 nitrogen and oxygen atoms in total. The largest absolute Gasteiger partial charge is 0.274 e. The zero-order valence-electron chi connectivity index (χ0n) is 11.7. The lowest BCUT2D eigenvalue weighted by Gasteiger charge is -2.21. The van der Waals surface area contributed by atoms with E-state index in [0.29, 0.717) is 5.92 Å². The van der Waals surface area contributed by atoms with Crippen molar-refractivity contribution in [3.05, 3.63) is 29.9 Å². The number of carbonyl (C=O) groups is 1. The van der Waals surface area contributed by atoms with Crippen LogP contribution in [0.3, 0.4) is 0 Å². The van der Waals surface area contributed by atoms with Crippen LogP contribution in [-0.2, 0) is 0 Å². The summed E-state index contributed by atoms with van der Waals surface area (Å²) in [6.45, 7) is 4.08. The molecule has 0 saturated heterocycles. The van der Waals surface area contributed by atoms with Gasteiger partial charge in [0.1, 0.15) is 5.49 Å². The van der Waals surface area contributed by atoms with Crippen molar-refractivity contribution in [3.63, 3.8) is 0 Å². The number of hydrogen-bond acceptors (Lipinski definition) is 2. The van der Waals surface area contributed by atoms with Crippen molar-refractivity contribution in [2.24, 2.45) is 22.7 Å². The van der Waals surface area contributed by atoms with Crippen molar-refractivity contribution >= 4 is 5.91 Å². The highest BCUT2D eigenvalue weighted by atomic mass is 16.2. The Balaban J connectivity index is 1.92. The first-order valence-corrected chi connectivity index (χ1v) is 7.41. The number of pyridine rings is 1. The number of fused-ring (bicyclic) bond motifs is 2. The minimum atomic E-state index is 0.210. The van der Waals surface area contributed by atoms with Crippen LogP contribution in [0.5, 0.6) is 0 Å². The molecule has 1 aromatic heterocycles. The van der Waals surface area contributed by atoms with Gasteiger partial charge in [-0.3, -0.25) is 14.4 Å². The number of rotatable bonds is 2. The fourth-order valence-corrected chi connectivity index (χ4v) is 3.72. The molecule has 2 aliphatic rings. The van der Waals surface area contributed by atoms with Crippen LogP contribution in [-0.4, -0.2) is 16.5 Å². The van der Waals surface area contributed by atoms with Gasteiger partial charge in [-0.15, -0.1) is 0 Å². The molecule has 1 heterocycles. The Hall–Kier alpha value is -1.38. The van der Waals surface area contributed by atoms with Gasteiger partial charge in [0.25, 0.3) is 0 Å². The highest BCUT2D eigenvalue weighted by molar-refractivity contribution is 5.82. The van der Waals surface area contributed by atoms with E-state index in [1.807, 2.05) is 38.2 Å². The summed E-state index contributed by atoms with van der Waals surface area (Å²) < 4.78 is 1.77. The fraction of sp³-hybridized carbons (Fsp3) is 0.625. The smallest absolute Gasteiger partial charge is 0.235 e. The molecule has 0 aliphatic heterocycles. The molecule has 2 saturated carbocycles. The van der Waals surface area contributed by atoms with E-state index in [-0.39, 0.29) is 17.9 Å². The second-order valence-electron chi connectivity index (χ2n) is 6.27. The summed E-state index contributed by atoms with van der Waals surface area (Å²) in [4.78, 5) is 17.3. The van der Waals surface area contributed by atoms with Crippen molar-refractivity contribution in [3.8, 4) is 0 Å². The molecule has 0 aromatic carbocycles. The van der Waals surface area contributed by atoms with Crippen LogP contribution in [0.25, 0.3) is 0 Å². The maximum Gasteiger partial charge on any atom is 0.235 e. The molecule has 19 heavy (non-hydrogen) atoms. The third kappa shape index (κ3) is 2.38. The van der Waals surface area contributed by atoms with Gasteiger partial charge in [0.05, 0.1) is 0 Å². The second-order valence-corrected chi connectivity index (χ2v) is 6.27. The predicted molar refractivity (Wildman–Crippen MR) is 74.7 cm³/mol. The Kier molecular flexibility index (Phi) is 3.29. The van der Waals surface area contributed by atoms with Gasteiger partial charge in [0.15, 0.2) is 0 Å². The van der Waals surface area contributed by atoms with Crippen LogP contribution in [0.1, 0.15) is 44.3 Å². The molecule has 0 radical (unpaired) electrons. The molecule has 3 rings (SSSR count). The van der Waals surface area contributed by atoms with Gasteiger partial charge in [-0.1, -0.05) is 12.5 Å². The molecule has 102 valence electrons. The van der Waals surface area contributed by atoms with E-state index >= 15 is 0 Å². The van der Waals surface area contributed by atoms with Gasteiger partial charge in [0.2, 0.25) is 5.91 Å². The Morgan fingerprint density at radius 1 is 1.32 bits per heavy atom. The summed E-state index contributed by atoms with van der Waals surface area (Å²) in [6.07, 6.45) is 6.80. The van der Waals surface area contributed by atoms with Crippen LogP contribution >= 0.6 is 0 Å². The summed E-state index contributed by atoms with van der Waals surface area (Å²) in [7, 11) is 0. The molecule has 0 spiro atoms. The van der Waals surface area contributed by atoms with Crippen LogP contribution in [0.2, 0.25) is 0 Å². The summed E-state index contributed by atoms with van der Waals surface area (Å²) in [5, 5.41) is 0. The first-order valence-electron chi connectivity index (χ1n) is 7.41. The van der Waals surface area contributed by atoms with Gasteiger partial charge in [0, 0.05) is 18.2 Å². The van der Waals surface area contributed by atoms with Crippen LogP contribution in [0.4, 0.5) is 0 Å². The molecular formula is C16H22N2O. The Labute approximate surface area is 114 Å². The summed E-state index contributed by atoms with van der Waals surface area (Å²) >= 11 is 0. The summed E-state index contributed by atoms with van der Waals surface area (Å²) in [5.74, 6) is 1.91. The maximum absolute atomic E-state index is 12.7. The van der Waals surface area contributed by atoms with E-state index in [1.54, 1.807) is 4.57 Å². The van der Waals surface area contributed by atoms with Gasteiger partial charge in [-0.05, 0) is 57.1 Å². The second kappa shape index (κ2) is 4.95. The average molecular weight is 258 g/mol. The summed E-state index contributed by atoms with van der Waals surface area (Å²) in [6, 6.07) is 6.02. The van der Waals surface area contributed by atoms with Gasteiger partial charge in [-0.25, -0.2) is 0 Å². The molecule has 2 bridgehead atoms. The minimum absolute atomic E-state index is 0.210. The Morgan fingerprint density at radius 3 is 2.79 bits per heavy atom. The van der Waals surface area contributed by atoms with Gasteiger partial charge < -0.3 is 0 Å². The highest BCUT2D eigenvalue weighted by Crippen LogP contribution is 2.48. The van der Waals surface area contributed by atoms with Crippen molar-refractivity contribution in [1.29, 1.82) is 0 Å². The molecule has 1 aromatic rings.